The van der Waals surface area contributed by atoms with E-state index in [2.05, 4.69) is 5.32 Å². The fourth-order valence-electron chi connectivity index (χ4n) is 6.93. The van der Waals surface area contributed by atoms with Gasteiger partial charge in [-0.25, -0.2) is 0 Å². The second-order valence-corrected chi connectivity index (χ2v) is 11.8. The van der Waals surface area contributed by atoms with E-state index in [0.717, 1.165) is 50.9 Å². The highest BCUT2D eigenvalue weighted by Crippen LogP contribution is 2.63. The number of carboxylic acid groups (broad SMARTS) is 1. The molecule has 1 atom stereocenters. The number of carbonyl (C=O) groups is 1. The number of hydrogen-bond donors (Lipinski definition) is 4. The number of hydrogen-bond acceptors (Lipinski definition) is 7. The van der Waals surface area contributed by atoms with Crippen LogP contribution in [0.3, 0.4) is 0 Å². The number of rotatable bonds is 5. The average molecular weight is 455 g/mol. The maximum absolute atomic E-state index is 10.3. The normalized spacial score (nSPS) is 43.3. The fraction of sp³-hybridized carbons (Fsp3) is 0.958. The zero-order valence-electron chi connectivity index (χ0n) is 19.8. The van der Waals surface area contributed by atoms with Crippen LogP contribution in [0.4, 0.5) is 0 Å². The third-order valence-corrected chi connectivity index (χ3v) is 8.16. The summed E-state index contributed by atoms with van der Waals surface area (Å²) >= 11 is 0. The SMILES string of the molecule is CC(=O)O.CC(C)(N)CNC(O)CC1CCC2(CC1)OOC1(O2)C2CC3CC(C2)CC1C3. The number of ether oxygens (including phenoxy) is 1. The van der Waals surface area contributed by atoms with Crippen LogP contribution in [0.1, 0.15) is 85.0 Å². The summed E-state index contributed by atoms with van der Waals surface area (Å²) in [6.45, 7) is 5.62. The molecule has 5 aliphatic carbocycles. The van der Waals surface area contributed by atoms with E-state index in [-0.39, 0.29) is 5.54 Å². The minimum atomic E-state index is -0.833. The van der Waals surface area contributed by atoms with Crippen molar-refractivity contribution in [3.8, 4) is 0 Å². The van der Waals surface area contributed by atoms with Gasteiger partial charge in [0.25, 0.3) is 5.97 Å². The van der Waals surface area contributed by atoms with Gasteiger partial charge in [-0.15, -0.1) is 0 Å². The smallest absolute Gasteiger partial charge is 0.300 e. The van der Waals surface area contributed by atoms with Crippen LogP contribution in [-0.2, 0) is 19.3 Å². The molecule has 5 saturated carbocycles. The molecule has 8 nitrogen and oxygen atoms in total. The average Bonchev–Trinajstić information content (AvgIpc) is 3.05. The Kier molecular flexibility index (Phi) is 6.94. The highest BCUT2D eigenvalue weighted by atomic mass is 17.3. The Balaban J connectivity index is 0.000000567. The number of nitrogens with two attached hydrogens (primary N) is 1. The molecule has 0 aromatic heterocycles. The predicted octanol–water partition coefficient (Wildman–Crippen LogP) is 3.13. The summed E-state index contributed by atoms with van der Waals surface area (Å²) < 4.78 is 6.76. The second kappa shape index (κ2) is 9.12. The summed E-state index contributed by atoms with van der Waals surface area (Å²) in [5.74, 6) is 1.45. The van der Waals surface area contributed by atoms with E-state index in [1.54, 1.807) is 0 Å². The largest absolute Gasteiger partial charge is 0.481 e. The van der Waals surface area contributed by atoms with Crippen LogP contribution < -0.4 is 11.1 Å². The lowest BCUT2D eigenvalue weighted by atomic mass is 9.53. The van der Waals surface area contributed by atoms with Gasteiger partial charge in [0.05, 0.1) is 0 Å². The second-order valence-electron chi connectivity index (χ2n) is 11.8. The number of aliphatic hydroxyl groups is 1. The summed E-state index contributed by atoms with van der Waals surface area (Å²) in [5.41, 5.74) is 5.68. The first kappa shape index (κ1) is 24.4. The molecular weight excluding hydrogens is 412 g/mol. The molecule has 1 unspecified atom stereocenters. The van der Waals surface area contributed by atoms with Crippen LogP contribution in [0.2, 0.25) is 0 Å². The van der Waals surface area contributed by atoms with Crippen molar-refractivity contribution in [1.29, 1.82) is 0 Å². The summed E-state index contributed by atoms with van der Waals surface area (Å²) in [4.78, 5) is 21.1. The van der Waals surface area contributed by atoms with Gasteiger partial charge in [-0.05, 0) is 83.0 Å². The molecule has 5 N–H and O–H groups in total. The Labute approximate surface area is 191 Å². The van der Waals surface area contributed by atoms with Crippen LogP contribution in [0.15, 0.2) is 0 Å². The van der Waals surface area contributed by atoms with Gasteiger partial charge in [-0.2, -0.15) is 9.78 Å². The minimum absolute atomic E-state index is 0.312. The van der Waals surface area contributed by atoms with Crippen LogP contribution in [0.25, 0.3) is 0 Å². The van der Waals surface area contributed by atoms with Gasteiger partial charge in [0, 0.05) is 43.7 Å². The highest BCUT2D eigenvalue weighted by molar-refractivity contribution is 5.62. The van der Waals surface area contributed by atoms with Crippen molar-refractivity contribution >= 4 is 5.97 Å². The molecule has 8 heteroatoms. The van der Waals surface area contributed by atoms with Crippen LogP contribution in [0.5, 0.6) is 0 Å². The van der Waals surface area contributed by atoms with Crippen LogP contribution >= 0.6 is 0 Å². The molecular formula is C24H42N2O6. The zero-order valence-corrected chi connectivity index (χ0v) is 19.8. The lowest BCUT2D eigenvalue weighted by molar-refractivity contribution is -0.390. The quantitative estimate of drug-likeness (QED) is 0.369. The Morgan fingerprint density at radius 1 is 1.09 bits per heavy atom. The van der Waals surface area contributed by atoms with Gasteiger partial charge in [0.15, 0.2) is 0 Å². The molecule has 6 rings (SSSR count). The topological polar surface area (TPSA) is 123 Å². The monoisotopic (exact) mass is 454 g/mol. The van der Waals surface area contributed by atoms with Crippen molar-refractivity contribution in [2.45, 2.75) is 108 Å². The lowest BCUT2D eigenvalue weighted by Crippen LogP contribution is -2.59. The van der Waals surface area contributed by atoms with Crippen molar-refractivity contribution in [3.05, 3.63) is 0 Å². The molecule has 4 bridgehead atoms. The van der Waals surface area contributed by atoms with Crippen LogP contribution in [-0.4, -0.2) is 46.1 Å². The van der Waals surface area contributed by atoms with E-state index in [1.165, 1.54) is 32.1 Å². The molecule has 6 aliphatic rings. The van der Waals surface area contributed by atoms with Gasteiger partial charge in [0.2, 0.25) is 11.6 Å². The molecule has 32 heavy (non-hydrogen) atoms. The molecule has 1 aliphatic heterocycles. The van der Waals surface area contributed by atoms with Crippen molar-refractivity contribution in [3.63, 3.8) is 0 Å². The Morgan fingerprint density at radius 2 is 1.62 bits per heavy atom. The maximum Gasteiger partial charge on any atom is 0.300 e. The third-order valence-electron chi connectivity index (χ3n) is 8.16. The van der Waals surface area contributed by atoms with Crippen molar-refractivity contribution in [2.75, 3.05) is 6.54 Å². The maximum atomic E-state index is 10.3. The molecule has 0 radical (unpaired) electrons. The van der Waals surface area contributed by atoms with Gasteiger partial charge in [-0.3, -0.25) is 10.1 Å². The van der Waals surface area contributed by atoms with Crippen molar-refractivity contribution in [1.82, 2.24) is 5.32 Å². The summed E-state index contributed by atoms with van der Waals surface area (Å²) in [6, 6.07) is 0. The van der Waals surface area contributed by atoms with E-state index in [9.17, 15) is 5.11 Å². The van der Waals surface area contributed by atoms with Crippen molar-refractivity contribution < 1.29 is 29.5 Å². The van der Waals surface area contributed by atoms with Gasteiger partial charge < -0.3 is 20.7 Å². The Bertz CT molecular complexity index is 638. The zero-order chi connectivity index (χ0) is 23.1. The molecule has 1 saturated heterocycles. The third kappa shape index (κ3) is 5.31. The first-order valence-corrected chi connectivity index (χ1v) is 12.5. The summed E-state index contributed by atoms with van der Waals surface area (Å²) in [5, 5.41) is 20.9. The van der Waals surface area contributed by atoms with Crippen molar-refractivity contribution in [2.24, 2.45) is 35.3 Å². The minimum Gasteiger partial charge on any atom is -0.481 e. The summed E-state index contributed by atoms with van der Waals surface area (Å²) in [7, 11) is 0. The molecule has 184 valence electrons. The van der Waals surface area contributed by atoms with Crippen LogP contribution in [0, 0.1) is 29.6 Å². The van der Waals surface area contributed by atoms with Gasteiger partial charge in [-0.1, -0.05) is 0 Å². The van der Waals surface area contributed by atoms with E-state index in [4.69, 9.17) is 30.1 Å². The van der Waals surface area contributed by atoms with E-state index in [0.29, 0.717) is 24.3 Å². The van der Waals surface area contributed by atoms with Gasteiger partial charge >= 0.3 is 0 Å². The van der Waals surface area contributed by atoms with E-state index >= 15 is 0 Å². The molecule has 6 fully saturated rings. The fourth-order valence-corrected chi connectivity index (χ4v) is 6.93. The van der Waals surface area contributed by atoms with Gasteiger partial charge in [0.1, 0.15) is 6.23 Å². The first-order chi connectivity index (χ1) is 15.0. The standard InChI is InChI=1S/C22H38N2O4.C2H4O2/c1-20(2,23)13-24-19(25)12-14-3-5-21(6-4-14)26-22(28-27-21)17-8-15-7-16(10-17)11-18(22)9-15;1-2(3)4/h14-19,24-25H,3-13,23H2,1-2H3;1H3,(H,3,4). The Hall–Kier alpha value is -0.770. The Morgan fingerprint density at radius 3 is 2.12 bits per heavy atom. The molecule has 0 aromatic rings. The first-order valence-electron chi connectivity index (χ1n) is 12.5. The highest BCUT2D eigenvalue weighted by Gasteiger charge is 2.66. The van der Waals surface area contributed by atoms with E-state index in [1.807, 2.05) is 13.8 Å². The molecule has 0 aromatic carbocycles. The number of carboxylic acids is 1. The number of nitrogens with one attached hydrogen (secondary N) is 1. The molecule has 1 heterocycles. The number of aliphatic hydroxyl groups excluding tert-OH is 1. The summed E-state index contributed by atoms with van der Waals surface area (Å²) in [6.07, 6.45) is 10.4. The molecule has 0 amide bonds. The predicted molar refractivity (Wildman–Crippen MR) is 118 cm³/mol. The lowest BCUT2D eigenvalue weighted by Gasteiger charge is -2.57. The van der Waals surface area contributed by atoms with E-state index < -0.39 is 23.8 Å². The molecule has 2 spiro atoms. The number of aliphatic carboxylic acids is 1.